The van der Waals surface area contributed by atoms with E-state index in [-0.39, 0.29) is 24.8 Å². The number of nitrogens with two attached hydrogens (primary N) is 2. The van der Waals surface area contributed by atoms with Crippen molar-refractivity contribution in [3.8, 4) is 0 Å². The van der Waals surface area contributed by atoms with Crippen molar-refractivity contribution in [1.29, 1.82) is 0 Å². The Bertz CT molecular complexity index is 674. The Balaban J connectivity index is 0.00000156. The van der Waals surface area contributed by atoms with Crippen LogP contribution in [0.25, 0.3) is 0 Å². The van der Waals surface area contributed by atoms with Gasteiger partial charge in [0.1, 0.15) is 5.82 Å². The Kier molecular flexibility index (Phi) is 8.42. The van der Waals surface area contributed by atoms with Crippen molar-refractivity contribution < 1.29 is 0 Å². The third-order valence-corrected chi connectivity index (χ3v) is 4.39. The van der Waals surface area contributed by atoms with Crippen molar-refractivity contribution in [2.45, 2.75) is 44.6 Å². The maximum absolute atomic E-state index is 5.86. The van der Waals surface area contributed by atoms with Gasteiger partial charge >= 0.3 is 0 Å². The van der Waals surface area contributed by atoms with Crippen LogP contribution in [0.5, 0.6) is 0 Å². The summed E-state index contributed by atoms with van der Waals surface area (Å²) in [4.78, 5) is 8.62. The van der Waals surface area contributed by atoms with E-state index in [1.807, 2.05) is 6.07 Å². The van der Waals surface area contributed by atoms with Crippen LogP contribution in [0, 0.1) is 6.92 Å². The van der Waals surface area contributed by atoms with Gasteiger partial charge in [-0.2, -0.15) is 4.98 Å². The van der Waals surface area contributed by atoms with Gasteiger partial charge in [0.15, 0.2) is 0 Å². The highest BCUT2D eigenvalue weighted by Crippen LogP contribution is 2.35. The summed E-state index contributed by atoms with van der Waals surface area (Å²) in [5.74, 6) is 1.59. The van der Waals surface area contributed by atoms with E-state index in [1.54, 1.807) is 0 Å². The van der Waals surface area contributed by atoms with E-state index < -0.39 is 0 Å². The highest BCUT2D eigenvalue weighted by molar-refractivity contribution is 5.85. The number of aryl methyl sites for hydroxylation is 2. The number of nitrogens with one attached hydrogen (secondary N) is 1. The maximum atomic E-state index is 5.86. The number of benzene rings is 1. The second kappa shape index (κ2) is 9.80. The highest BCUT2D eigenvalue weighted by atomic mass is 35.5. The third-order valence-electron chi connectivity index (χ3n) is 4.39. The first kappa shape index (κ1) is 21.5. The number of nitrogens with zero attached hydrogens (tertiary/aromatic N) is 2. The maximum Gasteiger partial charge on any atom is 0.222 e. The van der Waals surface area contributed by atoms with E-state index >= 15 is 0 Å². The number of hydrogen-bond acceptors (Lipinski definition) is 5. The number of halogens is 2. The van der Waals surface area contributed by atoms with Crippen LogP contribution in [0.1, 0.15) is 42.0 Å². The van der Waals surface area contributed by atoms with E-state index in [0.29, 0.717) is 17.9 Å². The van der Waals surface area contributed by atoms with Gasteiger partial charge in [0.25, 0.3) is 0 Å². The summed E-state index contributed by atoms with van der Waals surface area (Å²) in [6.45, 7) is 2.99. The third kappa shape index (κ3) is 6.03. The van der Waals surface area contributed by atoms with Gasteiger partial charge < -0.3 is 16.8 Å². The zero-order chi connectivity index (χ0) is 16.2. The van der Waals surface area contributed by atoms with Crippen LogP contribution in [0.2, 0.25) is 0 Å². The number of hydrogen-bond donors (Lipinski definition) is 3. The van der Waals surface area contributed by atoms with Gasteiger partial charge in [0.05, 0.1) is 5.69 Å². The lowest BCUT2D eigenvalue weighted by atomic mass is 9.78. The molecule has 0 aliphatic heterocycles. The minimum Gasteiger partial charge on any atom is -0.370 e. The van der Waals surface area contributed by atoms with Gasteiger partial charge in [-0.05, 0) is 38.2 Å². The fourth-order valence-corrected chi connectivity index (χ4v) is 3.06. The van der Waals surface area contributed by atoms with Gasteiger partial charge in [0.2, 0.25) is 5.95 Å². The molecule has 5 N–H and O–H groups in total. The lowest BCUT2D eigenvalue weighted by Gasteiger charge is -2.32. The molecular formula is C18H27Cl2N5. The van der Waals surface area contributed by atoms with Crippen molar-refractivity contribution in [2.24, 2.45) is 5.73 Å². The zero-order valence-electron chi connectivity index (χ0n) is 14.4. The quantitative estimate of drug-likeness (QED) is 0.664. The van der Waals surface area contributed by atoms with Crippen LogP contribution < -0.4 is 16.8 Å². The fraction of sp³-hybridized carbons (Fsp3) is 0.444. The molecular weight excluding hydrogens is 357 g/mol. The second-order valence-corrected chi connectivity index (χ2v) is 6.48. The van der Waals surface area contributed by atoms with Crippen LogP contribution in [-0.4, -0.2) is 22.6 Å². The first-order chi connectivity index (χ1) is 11.1. The first-order valence-electron chi connectivity index (χ1n) is 8.29. The summed E-state index contributed by atoms with van der Waals surface area (Å²) in [5.41, 5.74) is 15.4. The van der Waals surface area contributed by atoms with E-state index in [2.05, 4.69) is 46.5 Å². The van der Waals surface area contributed by atoms with Gasteiger partial charge in [-0.25, -0.2) is 4.98 Å². The number of aromatic nitrogens is 2. The van der Waals surface area contributed by atoms with Gasteiger partial charge in [-0.3, -0.25) is 0 Å². The monoisotopic (exact) mass is 383 g/mol. The molecule has 1 fully saturated rings. The van der Waals surface area contributed by atoms with Gasteiger partial charge in [0, 0.05) is 24.6 Å². The molecule has 2 aromatic rings. The largest absolute Gasteiger partial charge is 0.370 e. The molecule has 0 spiro atoms. The van der Waals surface area contributed by atoms with Crippen LogP contribution >= 0.6 is 24.8 Å². The fourth-order valence-electron chi connectivity index (χ4n) is 3.06. The molecule has 1 aliphatic carbocycles. The molecule has 1 heterocycles. The zero-order valence-corrected chi connectivity index (χ0v) is 16.1. The molecule has 1 saturated carbocycles. The standard InChI is InChI=1S/C18H25N5.2ClH/c1-12-4-2-5-13(8-12)6-3-7-21-17-11-16(22-18(20)23-17)14-9-15(19)10-14;;/h2,4-5,8,11,14-15H,3,6-7,9-10,19H2,1H3,(H3,20,21,22,23);2*1H. The lowest BCUT2D eigenvalue weighted by molar-refractivity contribution is 0.345. The molecule has 0 unspecified atom stereocenters. The van der Waals surface area contributed by atoms with E-state index in [4.69, 9.17) is 11.5 Å². The molecule has 138 valence electrons. The average molecular weight is 384 g/mol. The van der Waals surface area contributed by atoms with E-state index in [1.165, 1.54) is 11.1 Å². The Morgan fingerprint density at radius 1 is 1.16 bits per heavy atom. The Hall–Kier alpha value is -1.56. The molecule has 5 nitrogen and oxygen atoms in total. The van der Waals surface area contributed by atoms with Crippen molar-refractivity contribution in [2.75, 3.05) is 17.6 Å². The Morgan fingerprint density at radius 2 is 1.92 bits per heavy atom. The molecule has 0 amide bonds. The average Bonchev–Trinajstić information content (AvgIpc) is 2.48. The molecule has 0 atom stereocenters. The number of rotatable bonds is 6. The molecule has 1 aliphatic rings. The molecule has 0 bridgehead atoms. The summed E-state index contributed by atoms with van der Waals surface area (Å²) in [6.07, 6.45) is 4.09. The van der Waals surface area contributed by atoms with Gasteiger partial charge in [-0.15, -0.1) is 24.8 Å². The van der Waals surface area contributed by atoms with Crippen molar-refractivity contribution in [3.63, 3.8) is 0 Å². The SMILES string of the molecule is Cc1cccc(CCCNc2cc(C3CC(N)C3)nc(N)n2)c1.Cl.Cl. The smallest absolute Gasteiger partial charge is 0.222 e. The predicted octanol–water partition coefficient (Wildman–Crippen LogP) is 3.46. The first-order valence-corrected chi connectivity index (χ1v) is 8.29. The molecule has 3 rings (SSSR count). The molecule has 0 saturated heterocycles. The summed E-state index contributed by atoms with van der Waals surface area (Å²) in [6, 6.07) is 11.0. The number of anilines is 2. The Morgan fingerprint density at radius 3 is 2.60 bits per heavy atom. The summed E-state index contributed by atoms with van der Waals surface area (Å²) < 4.78 is 0. The predicted molar refractivity (Wildman–Crippen MR) is 109 cm³/mol. The highest BCUT2D eigenvalue weighted by Gasteiger charge is 2.29. The van der Waals surface area contributed by atoms with E-state index in [9.17, 15) is 0 Å². The molecule has 1 aromatic heterocycles. The van der Waals surface area contributed by atoms with Crippen LogP contribution in [0.15, 0.2) is 30.3 Å². The molecule has 1 aromatic carbocycles. The summed E-state index contributed by atoms with van der Waals surface area (Å²) in [5, 5.41) is 3.36. The summed E-state index contributed by atoms with van der Waals surface area (Å²) in [7, 11) is 0. The normalized spacial score (nSPS) is 18.5. The molecule has 25 heavy (non-hydrogen) atoms. The second-order valence-electron chi connectivity index (χ2n) is 6.48. The van der Waals surface area contributed by atoms with Crippen LogP contribution in [-0.2, 0) is 6.42 Å². The summed E-state index contributed by atoms with van der Waals surface area (Å²) >= 11 is 0. The van der Waals surface area contributed by atoms with Crippen LogP contribution in [0.4, 0.5) is 11.8 Å². The minimum atomic E-state index is 0. The van der Waals surface area contributed by atoms with Gasteiger partial charge in [-0.1, -0.05) is 29.8 Å². The molecule has 0 radical (unpaired) electrons. The number of nitrogen functional groups attached to an aromatic ring is 1. The Labute approximate surface area is 161 Å². The van der Waals surface area contributed by atoms with Crippen LogP contribution in [0.3, 0.4) is 0 Å². The lowest BCUT2D eigenvalue weighted by Crippen LogP contribution is -2.35. The van der Waals surface area contributed by atoms with Crippen molar-refractivity contribution >= 4 is 36.6 Å². The van der Waals surface area contributed by atoms with Crippen molar-refractivity contribution in [1.82, 2.24) is 9.97 Å². The minimum absolute atomic E-state index is 0. The topological polar surface area (TPSA) is 89.8 Å². The van der Waals surface area contributed by atoms with Crippen molar-refractivity contribution in [3.05, 3.63) is 47.2 Å². The van der Waals surface area contributed by atoms with E-state index in [0.717, 1.165) is 43.7 Å². The molecule has 7 heteroatoms.